The average molecular weight is 347 g/mol. The second kappa shape index (κ2) is 5.58. The van der Waals surface area contributed by atoms with Crippen LogP contribution in [-0.4, -0.2) is 49.6 Å². The highest BCUT2D eigenvalue weighted by molar-refractivity contribution is 5.90. The molecule has 5 heteroatoms. The van der Waals surface area contributed by atoms with E-state index in [-0.39, 0.29) is 29.5 Å². The molecule has 4 aliphatic rings. The molecule has 4 rings (SSSR count). The Morgan fingerprint density at radius 3 is 2.56 bits per heavy atom. The van der Waals surface area contributed by atoms with Crippen molar-refractivity contribution in [1.29, 1.82) is 0 Å². The number of hydrogen-bond acceptors (Lipinski definition) is 5. The summed E-state index contributed by atoms with van der Waals surface area (Å²) in [5, 5.41) is 0. The number of hydrogen-bond donors (Lipinski definition) is 0. The van der Waals surface area contributed by atoms with Gasteiger partial charge in [-0.3, -0.25) is 0 Å². The molecular formula is C20H29NO4. The molecule has 4 atom stereocenters. The van der Waals surface area contributed by atoms with Gasteiger partial charge in [0, 0.05) is 31.6 Å². The molecule has 138 valence electrons. The predicted octanol–water partition coefficient (Wildman–Crippen LogP) is 3.02. The lowest BCUT2D eigenvalue weighted by Gasteiger charge is -2.52. The van der Waals surface area contributed by atoms with Crippen LogP contribution in [0.25, 0.3) is 0 Å². The summed E-state index contributed by atoms with van der Waals surface area (Å²) in [5.41, 5.74) is 3.37. The van der Waals surface area contributed by atoms with Crippen LogP contribution < -0.4 is 0 Å². The first-order chi connectivity index (χ1) is 11.7. The Morgan fingerprint density at radius 2 is 1.84 bits per heavy atom. The van der Waals surface area contributed by atoms with Crippen molar-refractivity contribution in [2.24, 2.45) is 11.3 Å². The molecule has 0 aromatic heterocycles. The molecule has 2 heterocycles. The van der Waals surface area contributed by atoms with E-state index in [1.165, 1.54) is 24.0 Å². The van der Waals surface area contributed by atoms with E-state index in [0.717, 1.165) is 12.8 Å². The topological polar surface area (TPSA) is 48.0 Å². The molecular weight excluding hydrogens is 318 g/mol. The van der Waals surface area contributed by atoms with Gasteiger partial charge in [-0.05, 0) is 45.1 Å². The van der Waals surface area contributed by atoms with Crippen molar-refractivity contribution in [2.45, 2.75) is 64.4 Å². The molecule has 0 aromatic rings. The standard InChI is InChI=1S/C20H29NO4/c1-19(2)24-16-12-8-6-7-9-14(12)20(3)11-23-18(22)13(10-21(4)5)15(20)17(16)25-19/h10,15-17H,6-9,11H2,1-5H3/b13-10+/t15-,16+,17-,20+/m0/s1. The van der Waals surface area contributed by atoms with Gasteiger partial charge in [-0.15, -0.1) is 0 Å². The van der Waals surface area contributed by atoms with Crippen molar-refractivity contribution in [3.63, 3.8) is 0 Å². The molecule has 2 aliphatic heterocycles. The van der Waals surface area contributed by atoms with Gasteiger partial charge in [0.1, 0.15) is 12.7 Å². The Labute approximate surface area is 150 Å². The normalized spacial score (nSPS) is 41.1. The summed E-state index contributed by atoms with van der Waals surface area (Å²) in [5.74, 6) is -0.872. The van der Waals surface area contributed by atoms with Crippen LogP contribution in [-0.2, 0) is 19.0 Å². The van der Waals surface area contributed by atoms with Gasteiger partial charge in [0.2, 0.25) is 0 Å². The molecule has 2 fully saturated rings. The molecule has 0 spiro atoms. The minimum Gasteiger partial charge on any atom is -0.461 e. The fourth-order valence-electron chi connectivity index (χ4n) is 5.28. The van der Waals surface area contributed by atoms with Gasteiger partial charge < -0.3 is 19.1 Å². The zero-order valence-electron chi connectivity index (χ0n) is 15.9. The number of rotatable bonds is 1. The zero-order chi connectivity index (χ0) is 18.0. The number of nitrogens with zero attached hydrogens (tertiary/aromatic N) is 1. The highest BCUT2D eigenvalue weighted by Crippen LogP contribution is 2.58. The minimum absolute atomic E-state index is 0.0280. The van der Waals surface area contributed by atoms with Crippen molar-refractivity contribution >= 4 is 5.97 Å². The van der Waals surface area contributed by atoms with Crippen LogP contribution in [0.1, 0.15) is 46.5 Å². The van der Waals surface area contributed by atoms with Crippen LogP contribution in [0.15, 0.2) is 22.9 Å². The first kappa shape index (κ1) is 17.1. The fraction of sp³-hybridized carbons (Fsp3) is 0.750. The van der Waals surface area contributed by atoms with E-state index in [1.807, 2.05) is 39.0 Å². The van der Waals surface area contributed by atoms with E-state index in [4.69, 9.17) is 14.2 Å². The molecule has 0 N–H and O–H groups in total. The summed E-state index contributed by atoms with van der Waals surface area (Å²) in [6.07, 6.45) is 6.28. The highest BCUT2D eigenvalue weighted by Gasteiger charge is 2.61. The third kappa shape index (κ3) is 2.55. The zero-order valence-corrected chi connectivity index (χ0v) is 15.9. The maximum absolute atomic E-state index is 12.6. The van der Waals surface area contributed by atoms with Crippen LogP contribution in [0.4, 0.5) is 0 Å². The molecule has 0 bridgehead atoms. The smallest absolute Gasteiger partial charge is 0.335 e. The molecule has 0 radical (unpaired) electrons. The molecule has 2 saturated heterocycles. The summed E-state index contributed by atoms with van der Waals surface area (Å²) in [6.45, 7) is 6.64. The Balaban J connectivity index is 1.89. The Bertz CT molecular complexity index is 663. The van der Waals surface area contributed by atoms with Crippen molar-refractivity contribution in [3.05, 3.63) is 22.9 Å². The number of cyclic esters (lactones) is 1. The lowest BCUT2D eigenvalue weighted by molar-refractivity contribution is -0.163. The lowest BCUT2D eigenvalue weighted by atomic mass is 9.57. The predicted molar refractivity (Wildman–Crippen MR) is 93.6 cm³/mol. The monoisotopic (exact) mass is 347 g/mol. The lowest BCUT2D eigenvalue weighted by Crippen LogP contribution is -2.55. The van der Waals surface area contributed by atoms with Crippen LogP contribution in [0.5, 0.6) is 0 Å². The number of fused-ring (bicyclic) bond motifs is 5. The minimum atomic E-state index is -0.624. The molecule has 0 aromatic carbocycles. The average Bonchev–Trinajstić information content (AvgIpc) is 2.86. The quantitative estimate of drug-likeness (QED) is 0.415. The van der Waals surface area contributed by atoms with Gasteiger partial charge >= 0.3 is 5.97 Å². The van der Waals surface area contributed by atoms with E-state index < -0.39 is 5.79 Å². The first-order valence-corrected chi connectivity index (χ1v) is 9.36. The van der Waals surface area contributed by atoms with Gasteiger partial charge in [-0.25, -0.2) is 4.79 Å². The number of carbonyl (C=O) groups is 1. The first-order valence-electron chi connectivity index (χ1n) is 9.36. The molecule has 0 saturated carbocycles. The van der Waals surface area contributed by atoms with Gasteiger partial charge in [0.25, 0.3) is 0 Å². The summed E-state index contributed by atoms with van der Waals surface area (Å²) in [7, 11) is 3.88. The van der Waals surface area contributed by atoms with E-state index in [0.29, 0.717) is 12.2 Å². The Kier molecular flexibility index (Phi) is 3.82. The van der Waals surface area contributed by atoms with Gasteiger partial charge in [-0.2, -0.15) is 0 Å². The van der Waals surface area contributed by atoms with Gasteiger partial charge in [-0.1, -0.05) is 12.5 Å². The molecule has 2 aliphatic carbocycles. The fourth-order valence-corrected chi connectivity index (χ4v) is 5.28. The molecule has 0 amide bonds. The van der Waals surface area contributed by atoms with E-state index >= 15 is 0 Å². The van der Waals surface area contributed by atoms with Crippen LogP contribution in [0.2, 0.25) is 0 Å². The second-order valence-electron chi connectivity index (χ2n) is 8.75. The van der Waals surface area contributed by atoms with Crippen molar-refractivity contribution in [3.8, 4) is 0 Å². The maximum atomic E-state index is 12.6. The number of carbonyl (C=O) groups excluding carboxylic acids is 1. The summed E-state index contributed by atoms with van der Waals surface area (Å²) in [4.78, 5) is 14.5. The van der Waals surface area contributed by atoms with Crippen molar-refractivity contribution in [2.75, 3.05) is 20.7 Å². The molecule has 0 unspecified atom stereocenters. The summed E-state index contributed by atoms with van der Waals surface area (Å²) < 4.78 is 18.4. The molecule has 5 nitrogen and oxygen atoms in total. The number of esters is 1. The second-order valence-corrected chi connectivity index (χ2v) is 8.75. The van der Waals surface area contributed by atoms with E-state index in [9.17, 15) is 4.79 Å². The maximum Gasteiger partial charge on any atom is 0.335 e. The van der Waals surface area contributed by atoms with Gasteiger partial charge in [0.15, 0.2) is 5.79 Å². The van der Waals surface area contributed by atoms with Crippen LogP contribution in [0.3, 0.4) is 0 Å². The third-order valence-corrected chi connectivity index (χ3v) is 6.16. The SMILES string of the molecule is CN(C)/C=C1/C(=O)OC[C@]2(C)C3=C(CCCC3)[C@H]3OC(C)(C)O[C@H]3[C@H]12. The Hall–Kier alpha value is -1.33. The summed E-state index contributed by atoms with van der Waals surface area (Å²) in [6, 6.07) is 0. The van der Waals surface area contributed by atoms with E-state index in [2.05, 4.69) is 6.92 Å². The van der Waals surface area contributed by atoms with Crippen molar-refractivity contribution in [1.82, 2.24) is 4.90 Å². The van der Waals surface area contributed by atoms with Crippen LogP contribution >= 0.6 is 0 Å². The number of ether oxygens (including phenoxy) is 3. The highest BCUT2D eigenvalue weighted by atomic mass is 16.8. The van der Waals surface area contributed by atoms with Gasteiger partial charge in [0.05, 0.1) is 11.7 Å². The Morgan fingerprint density at radius 1 is 1.12 bits per heavy atom. The summed E-state index contributed by atoms with van der Waals surface area (Å²) >= 11 is 0. The van der Waals surface area contributed by atoms with E-state index in [1.54, 1.807) is 0 Å². The van der Waals surface area contributed by atoms with Crippen molar-refractivity contribution < 1.29 is 19.0 Å². The largest absolute Gasteiger partial charge is 0.461 e. The third-order valence-electron chi connectivity index (χ3n) is 6.16. The van der Waals surface area contributed by atoms with Crippen LogP contribution in [0, 0.1) is 11.3 Å². The molecule has 25 heavy (non-hydrogen) atoms.